The summed E-state index contributed by atoms with van der Waals surface area (Å²) in [6.45, 7) is 7.03. The number of ether oxygens (including phenoxy) is 2. The van der Waals surface area contributed by atoms with Crippen LogP contribution in [0.3, 0.4) is 0 Å². The predicted octanol–water partition coefficient (Wildman–Crippen LogP) is 4.18. The summed E-state index contributed by atoms with van der Waals surface area (Å²) in [6, 6.07) is 13.5. The van der Waals surface area contributed by atoms with Crippen LogP contribution in [0.15, 0.2) is 42.5 Å². The standard InChI is InChI=1S/C21H23N3O3/c1-4-26-11-12-27-21(25)19-20(23-16-10-9-14(2)13-15(16)3)24-18-8-6-5-7-17(18)22-19/h5-10,13H,4,11-12H2,1-3H3,(H,23,24). The first-order chi connectivity index (χ1) is 13.1. The number of carbonyl (C=O) groups excluding carboxylic acids is 1. The molecular formula is C21H23N3O3. The highest BCUT2D eigenvalue weighted by molar-refractivity contribution is 5.96. The molecule has 140 valence electrons. The molecule has 0 aliphatic carbocycles. The third kappa shape index (κ3) is 4.60. The van der Waals surface area contributed by atoms with Crippen molar-refractivity contribution in [1.29, 1.82) is 0 Å². The molecule has 0 fully saturated rings. The average molecular weight is 365 g/mol. The molecule has 1 N–H and O–H groups in total. The topological polar surface area (TPSA) is 73.3 Å². The number of nitrogens with one attached hydrogen (secondary N) is 1. The van der Waals surface area contributed by atoms with E-state index in [0.717, 1.165) is 11.3 Å². The number of rotatable bonds is 7. The average Bonchev–Trinajstić information content (AvgIpc) is 2.66. The third-order valence-electron chi connectivity index (χ3n) is 4.06. The number of esters is 1. The fraction of sp³-hybridized carbons (Fsp3) is 0.286. The van der Waals surface area contributed by atoms with Gasteiger partial charge in [-0.05, 0) is 44.5 Å². The molecule has 0 amide bonds. The molecule has 3 aromatic rings. The van der Waals surface area contributed by atoms with E-state index in [0.29, 0.717) is 30.1 Å². The van der Waals surface area contributed by atoms with E-state index in [4.69, 9.17) is 9.47 Å². The van der Waals surface area contributed by atoms with E-state index in [2.05, 4.69) is 21.4 Å². The van der Waals surface area contributed by atoms with E-state index in [1.807, 2.05) is 57.2 Å². The molecular weight excluding hydrogens is 342 g/mol. The van der Waals surface area contributed by atoms with Gasteiger partial charge in [-0.15, -0.1) is 0 Å². The molecule has 0 saturated carbocycles. The molecule has 0 radical (unpaired) electrons. The van der Waals surface area contributed by atoms with Crippen molar-refractivity contribution < 1.29 is 14.3 Å². The number of aryl methyl sites for hydroxylation is 2. The molecule has 2 aromatic carbocycles. The lowest BCUT2D eigenvalue weighted by molar-refractivity contribution is 0.0330. The van der Waals surface area contributed by atoms with Gasteiger partial charge in [0, 0.05) is 12.3 Å². The number of hydrogen-bond donors (Lipinski definition) is 1. The molecule has 0 aliphatic rings. The van der Waals surface area contributed by atoms with Crippen molar-refractivity contribution in [2.75, 3.05) is 25.1 Å². The first-order valence-electron chi connectivity index (χ1n) is 8.94. The minimum Gasteiger partial charge on any atom is -0.458 e. The third-order valence-corrected chi connectivity index (χ3v) is 4.06. The van der Waals surface area contributed by atoms with Crippen LogP contribution in [-0.2, 0) is 9.47 Å². The Labute approximate surface area is 158 Å². The summed E-state index contributed by atoms with van der Waals surface area (Å²) in [7, 11) is 0. The summed E-state index contributed by atoms with van der Waals surface area (Å²) in [5.41, 5.74) is 4.59. The van der Waals surface area contributed by atoms with Crippen LogP contribution in [-0.4, -0.2) is 35.8 Å². The van der Waals surface area contributed by atoms with Crippen LogP contribution >= 0.6 is 0 Å². The molecule has 1 heterocycles. The predicted molar refractivity (Wildman–Crippen MR) is 106 cm³/mol. The van der Waals surface area contributed by atoms with Gasteiger partial charge in [-0.3, -0.25) is 0 Å². The van der Waals surface area contributed by atoms with Crippen molar-refractivity contribution in [2.45, 2.75) is 20.8 Å². The van der Waals surface area contributed by atoms with E-state index in [1.165, 1.54) is 5.56 Å². The minimum atomic E-state index is -0.528. The van der Waals surface area contributed by atoms with Gasteiger partial charge in [0.05, 0.1) is 17.6 Å². The minimum absolute atomic E-state index is 0.158. The number of fused-ring (bicyclic) bond motifs is 1. The normalized spacial score (nSPS) is 10.8. The van der Waals surface area contributed by atoms with E-state index >= 15 is 0 Å². The van der Waals surface area contributed by atoms with Gasteiger partial charge in [0.1, 0.15) is 6.61 Å². The molecule has 0 spiro atoms. The Morgan fingerprint density at radius 2 is 1.78 bits per heavy atom. The van der Waals surface area contributed by atoms with E-state index in [9.17, 15) is 4.79 Å². The zero-order chi connectivity index (χ0) is 19.2. The molecule has 0 unspecified atom stereocenters. The lowest BCUT2D eigenvalue weighted by Crippen LogP contribution is -2.15. The molecule has 6 heteroatoms. The fourth-order valence-corrected chi connectivity index (χ4v) is 2.72. The largest absolute Gasteiger partial charge is 0.458 e. The van der Waals surface area contributed by atoms with Crippen LogP contribution < -0.4 is 5.32 Å². The Morgan fingerprint density at radius 1 is 1.04 bits per heavy atom. The quantitative estimate of drug-likeness (QED) is 0.500. The van der Waals surface area contributed by atoms with Gasteiger partial charge < -0.3 is 14.8 Å². The summed E-state index contributed by atoms with van der Waals surface area (Å²) < 4.78 is 10.5. The number of carbonyl (C=O) groups is 1. The maximum absolute atomic E-state index is 12.6. The number of para-hydroxylation sites is 2. The summed E-state index contributed by atoms with van der Waals surface area (Å²) in [5.74, 6) is -0.151. The summed E-state index contributed by atoms with van der Waals surface area (Å²) in [4.78, 5) is 21.7. The van der Waals surface area contributed by atoms with Gasteiger partial charge in [0.2, 0.25) is 0 Å². The fourth-order valence-electron chi connectivity index (χ4n) is 2.72. The lowest BCUT2D eigenvalue weighted by atomic mass is 10.1. The van der Waals surface area contributed by atoms with Crippen LogP contribution in [0.1, 0.15) is 28.5 Å². The summed E-state index contributed by atoms with van der Waals surface area (Å²) in [6.07, 6.45) is 0. The zero-order valence-electron chi connectivity index (χ0n) is 15.8. The highest BCUT2D eigenvalue weighted by Crippen LogP contribution is 2.24. The van der Waals surface area contributed by atoms with Crippen molar-refractivity contribution in [3.05, 3.63) is 59.3 Å². The number of benzene rings is 2. The van der Waals surface area contributed by atoms with Gasteiger partial charge in [-0.2, -0.15) is 0 Å². The van der Waals surface area contributed by atoms with Gasteiger partial charge in [0.25, 0.3) is 0 Å². The Bertz CT molecular complexity index is 957. The molecule has 0 bridgehead atoms. The second-order valence-corrected chi connectivity index (χ2v) is 6.19. The van der Waals surface area contributed by atoms with Crippen LogP contribution in [0.5, 0.6) is 0 Å². The Kier molecular flexibility index (Phi) is 5.98. The van der Waals surface area contributed by atoms with Crippen molar-refractivity contribution in [3.63, 3.8) is 0 Å². The van der Waals surface area contributed by atoms with E-state index < -0.39 is 5.97 Å². The van der Waals surface area contributed by atoms with Crippen LogP contribution in [0, 0.1) is 13.8 Å². The lowest BCUT2D eigenvalue weighted by Gasteiger charge is -2.13. The first-order valence-corrected chi connectivity index (χ1v) is 8.94. The monoisotopic (exact) mass is 365 g/mol. The second-order valence-electron chi connectivity index (χ2n) is 6.19. The van der Waals surface area contributed by atoms with Crippen molar-refractivity contribution >= 4 is 28.5 Å². The number of anilines is 2. The van der Waals surface area contributed by atoms with Gasteiger partial charge in [-0.1, -0.05) is 29.8 Å². The Balaban J connectivity index is 1.94. The SMILES string of the molecule is CCOCCOC(=O)c1nc2ccccc2nc1Nc1ccc(C)cc1C. The van der Waals surface area contributed by atoms with Crippen LogP contribution in [0.2, 0.25) is 0 Å². The summed E-state index contributed by atoms with van der Waals surface area (Å²) in [5, 5.41) is 3.24. The highest BCUT2D eigenvalue weighted by Gasteiger charge is 2.19. The van der Waals surface area contributed by atoms with Crippen molar-refractivity contribution in [3.8, 4) is 0 Å². The Morgan fingerprint density at radius 3 is 2.48 bits per heavy atom. The van der Waals surface area contributed by atoms with E-state index in [1.54, 1.807) is 0 Å². The first kappa shape index (κ1) is 18.8. The van der Waals surface area contributed by atoms with Gasteiger partial charge in [0.15, 0.2) is 11.5 Å². The molecule has 1 aromatic heterocycles. The smallest absolute Gasteiger partial charge is 0.360 e. The van der Waals surface area contributed by atoms with Gasteiger partial charge in [-0.25, -0.2) is 14.8 Å². The van der Waals surface area contributed by atoms with Gasteiger partial charge >= 0.3 is 5.97 Å². The number of hydrogen-bond acceptors (Lipinski definition) is 6. The Hall–Kier alpha value is -2.99. The van der Waals surface area contributed by atoms with Crippen LogP contribution in [0.4, 0.5) is 11.5 Å². The zero-order valence-corrected chi connectivity index (χ0v) is 15.8. The maximum atomic E-state index is 12.6. The molecule has 0 aliphatic heterocycles. The molecule has 0 saturated heterocycles. The highest BCUT2D eigenvalue weighted by atomic mass is 16.6. The second kappa shape index (κ2) is 8.60. The van der Waals surface area contributed by atoms with Crippen LogP contribution in [0.25, 0.3) is 11.0 Å². The number of aromatic nitrogens is 2. The molecule has 6 nitrogen and oxygen atoms in total. The maximum Gasteiger partial charge on any atom is 0.360 e. The molecule has 27 heavy (non-hydrogen) atoms. The van der Waals surface area contributed by atoms with Crippen molar-refractivity contribution in [2.24, 2.45) is 0 Å². The molecule has 3 rings (SSSR count). The van der Waals surface area contributed by atoms with E-state index in [-0.39, 0.29) is 12.3 Å². The molecule has 0 atom stereocenters. The van der Waals surface area contributed by atoms with Crippen molar-refractivity contribution in [1.82, 2.24) is 9.97 Å². The summed E-state index contributed by atoms with van der Waals surface area (Å²) >= 11 is 0. The number of nitrogens with zero attached hydrogens (tertiary/aromatic N) is 2.